The topological polar surface area (TPSA) is 74.9 Å². The van der Waals surface area contributed by atoms with Crippen molar-refractivity contribution in [1.29, 1.82) is 0 Å². The SMILES string of the molecule is CCc1cccc(CC)c1NC(=O)c1c(C)oc2ccc(O)c(CN3C[C@@H](C)O[C@H](C)C3)c12. The number of carbonyl (C=O) groups excluding carboxylic acids is 1. The molecule has 3 aromatic rings. The van der Waals surface area contributed by atoms with Crippen molar-refractivity contribution < 1.29 is 19.1 Å². The fourth-order valence-electron chi connectivity index (χ4n) is 5.02. The number of aromatic hydroxyl groups is 1. The standard InChI is InChI=1S/C27H34N2O4/c1-6-19-9-8-10-20(7-2)26(19)28-27(31)24-18(5)33-23-12-11-22(30)21(25(23)24)15-29-13-16(3)32-17(4)14-29/h8-12,16-17,30H,6-7,13-15H2,1-5H3,(H,28,31)/t16-,17-/m1/s1. The van der Waals surface area contributed by atoms with E-state index in [2.05, 4.69) is 37.9 Å². The molecule has 1 aliphatic heterocycles. The average Bonchev–Trinajstić information content (AvgIpc) is 3.11. The highest BCUT2D eigenvalue weighted by atomic mass is 16.5. The van der Waals surface area contributed by atoms with E-state index in [1.54, 1.807) is 19.1 Å². The number of ether oxygens (including phenoxy) is 1. The molecule has 1 aromatic heterocycles. The van der Waals surface area contributed by atoms with E-state index in [0.717, 1.165) is 48.3 Å². The number of hydrogen-bond acceptors (Lipinski definition) is 5. The summed E-state index contributed by atoms with van der Waals surface area (Å²) in [5.41, 5.74) is 4.90. The summed E-state index contributed by atoms with van der Waals surface area (Å²) in [5, 5.41) is 14.7. The molecular weight excluding hydrogens is 416 g/mol. The predicted octanol–water partition coefficient (Wildman–Crippen LogP) is 5.43. The first kappa shape index (κ1) is 23.3. The van der Waals surface area contributed by atoms with Gasteiger partial charge in [0.25, 0.3) is 5.91 Å². The summed E-state index contributed by atoms with van der Waals surface area (Å²) < 4.78 is 11.8. The van der Waals surface area contributed by atoms with Crippen LogP contribution in [-0.4, -0.2) is 41.2 Å². The molecule has 1 fully saturated rings. The highest BCUT2D eigenvalue weighted by Gasteiger charge is 2.27. The van der Waals surface area contributed by atoms with Crippen molar-refractivity contribution in [3.05, 3.63) is 58.3 Å². The quantitative estimate of drug-likeness (QED) is 0.524. The summed E-state index contributed by atoms with van der Waals surface area (Å²) >= 11 is 0. The molecule has 0 saturated carbocycles. The van der Waals surface area contributed by atoms with Crippen LogP contribution in [0.4, 0.5) is 5.69 Å². The molecule has 0 aliphatic carbocycles. The number of nitrogens with zero attached hydrogens (tertiary/aromatic N) is 1. The van der Waals surface area contributed by atoms with Gasteiger partial charge in [0.2, 0.25) is 0 Å². The molecule has 1 saturated heterocycles. The number of furan rings is 1. The zero-order valence-corrected chi connectivity index (χ0v) is 20.2. The van der Waals surface area contributed by atoms with E-state index in [4.69, 9.17) is 9.15 Å². The van der Waals surface area contributed by atoms with Gasteiger partial charge in [-0.25, -0.2) is 0 Å². The van der Waals surface area contributed by atoms with E-state index in [0.29, 0.717) is 28.8 Å². The smallest absolute Gasteiger partial charge is 0.259 e. The maximum atomic E-state index is 13.6. The van der Waals surface area contributed by atoms with Crippen LogP contribution in [0.15, 0.2) is 34.7 Å². The van der Waals surface area contributed by atoms with Crippen molar-refractivity contribution in [3.63, 3.8) is 0 Å². The minimum absolute atomic E-state index is 0.113. The van der Waals surface area contributed by atoms with Crippen LogP contribution in [-0.2, 0) is 24.1 Å². The van der Waals surface area contributed by atoms with Crippen molar-refractivity contribution in [2.24, 2.45) is 0 Å². The first-order valence-corrected chi connectivity index (χ1v) is 11.9. The largest absolute Gasteiger partial charge is 0.508 e. The van der Waals surface area contributed by atoms with E-state index in [1.165, 1.54) is 0 Å². The summed E-state index contributed by atoms with van der Waals surface area (Å²) in [6.07, 6.45) is 1.88. The summed E-state index contributed by atoms with van der Waals surface area (Å²) in [7, 11) is 0. The van der Waals surface area contributed by atoms with E-state index < -0.39 is 0 Å². The first-order chi connectivity index (χ1) is 15.8. The van der Waals surface area contributed by atoms with Gasteiger partial charge in [0, 0.05) is 36.3 Å². The van der Waals surface area contributed by atoms with Crippen LogP contribution in [0.1, 0.15) is 60.5 Å². The maximum absolute atomic E-state index is 13.6. The van der Waals surface area contributed by atoms with Crippen LogP contribution in [0, 0.1) is 6.92 Å². The van der Waals surface area contributed by atoms with E-state index in [-0.39, 0.29) is 23.9 Å². The van der Waals surface area contributed by atoms with Gasteiger partial charge in [-0.3, -0.25) is 9.69 Å². The average molecular weight is 451 g/mol. The number of phenols is 1. The van der Waals surface area contributed by atoms with Gasteiger partial charge in [0.1, 0.15) is 17.1 Å². The summed E-state index contributed by atoms with van der Waals surface area (Å²) in [6.45, 7) is 12.1. The fourth-order valence-corrected chi connectivity index (χ4v) is 5.02. The van der Waals surface area contributed by atoms with Crippen LogP contribution >= 0.6 is 0 Å². The van der Waals surface area contributed by atoms with Gasteiger partial charge in [-0.05, 0) is 56.9 Å². The molecule has 2 N–H and O–H groups in total. The number of carbonyl (C=O) groups is 1. The lowest BCUT2D eigenvalue weighted by atomic mass is 10.00. The van der Waals surface area contributed by atoms with Crippen molar-refractivity contribution in [2.45, 2.75) is 66.2 Å². The lowest BCUT2D eigenvalue weighted by Crippen LogP contribution is -2.44. The molecule has 2 heterocycles. The minimum Gasteiger partial charge on any atom is -0.508 e. The molecule has 6 nitrogen and oxygen atoms in total. The molecule has 0 bridgehead atoms. The third-order valence-corrected chi connectivity index (χ3v) is 6.46. The summed E-state index contributed by atoms with van der Waals surface area (Å²) in [5.74, 6) is 0.509. The van der Waals surface area contributed by atoms with Crippen LogP contribution < -0.4 is 5.32 Å². The third kappa shape index (κ3) is 4.63. The molecule has 2 aromatic carbocycles. The summed E-state index contributed by atoms with van der Waals surface area (Å²) in [6, 6.07) is 9.52. The van der Waals surface area contributed by atoms with Crippen LogP contribution in [0.5, 0.6) is 5.75 Å². The summed E-state index contributed by atoms with van der Waals surface area (Å²) in [4.78, 5) is 15.9. The van der Waals surface area contributed by atoms with Gasteiger partial charge in [-0.1, -0.05) is 32.0 Å². The van der Waals surface area contributed by atoms with Gasteiger partial charge in [0.05, 0.1) is 17.8 Å². The lowest BCUT2D eigenvalue weighted by molar-refractivity contribution is -0.0705. The van der Waals surface area contributed by atoms with Gasteiger partial charge in [-0.2, -0.15) is 0 Å². The van der Waals surface area contributed by atoms with Crippen molar-refractivity contribution in [3.8, 4) is 5.75 Å². The minimum atomic E-state index is -0.211. The number of amides is 1. The second-order valence-corrected chi connectivity index (χ2v) is 9.03. The van der Waals surface area contributed by atoms with Crippen molar-refractivity contribution in [2.75, 3.05) is 18.4 Å². The Balaban J connectivity index is 1.75. The van der Waals surface area contributed by atoms with Gasteiger partial charge in [-0.15, -0.1) is 0 Å². The van der Waals surface area contributed by atoms with Gasteiger partial charge in [0.15, 0.2) is 0 Å². The highest BCUT2D eigenvalue weighted by Crippen LogP contribution is 2.36. The number of phenolic OH excluding ortho intramolecular Hbond substituents is 1. The molecule has 0 radical (unpaired) electrons. The Labute approximate surface area is 195 Å². The number of para-hydroxylation sites is 1. The Morgan fingerprint density at radius 3 is 2.33 bits per heavy atom. The number of anilines is 1. The van der Waals surface area contributed by atoms with Crippen molar-refractivity contribution >= 4 is 22.6 Å². The molecular formula is C27H34N2O4. The number of aryl methyl sites for hydroxylation is 3. The van der Waals surface area contributed by atoms with Gasteiger partial charge >= 0.3 is 0 Å². The van der Waals surface area contributed by atoms with Gasteiger partial charge < -0.3 is 19.6 Å². The lowest BCUT2D eigenvalue weighted by Gasteiger charge is -2.35. The zero-order valence-electron chi connectivity index (χ0n) is 20.2. The highest BCUT2D eigenvalue weighted by molar-refractivity contribution is 6.14. The van der Waals surface area contributed by atoms with E-state index in [9.17, 15) is 9.90 Å². The Morgan fingerprint density at radius 1 is 1.09 bits per heavy atom. The maximum Gasteiger partial charge on any atom is 0.259 e. The Morgan fingerprint density at radius 2 is 1.73 bits per heavy atom. The van der Waals surface area contributed by atoms with E-state index >= 15 is 0 Å². The molecule has 176 valence electrons. The number of hydrogen-bond donors (Lipinski definition) is 2. The second kappa shape index (κ2) is 9.57. The van der Waals surface area contributed by atoms with Crippen LogP contribution in [0.3, 0.4) is 0 Å². The number of benzene rings is 2. The number of rotatable bonds is 6. The Kier molecular flexibility index (Phi) is 6.77. The predicted molar refractivity (Wildman–Crippen MR) is 131 cm³/mol. The molecule has 1 amide bonds. The molecule has 2 atom stereocenters. The zero-order chi connectivity index (χ0) is 23.7. The molecule has 0 unspecified atom stereocenters. The number of fused-ring (bicyclic) bond motifs is 1. The third-order valence-electron chi connectivity index (χ3n) is 6.46. The monoisotopic (exact) mass is 450 g/mol. The molecule has 6 heteroatoms. The van der Waals surface area contributed by atoms with Crippen LogP contribution in [0.25, 0.3) is 11.0 Å². The number of nitrogens with one attached hydrogen (secondary N) is 1. The first-order valence-electron chi connectivity index (χ1n) is 11.9. The Bertz CT molecular complexity index is 1130. The molecule has 0 spiro atoms. The Hall–Kier alpha value is -2.83. The van der Waals surface area contributed by atoms with E-state index in [1.807, 2.05) is 18.2 Å². The fraction of sp³-hybridized carbons (Fsp3) is 0.444. The number of morpholine rings is 1. The molecule has 33 heavy (non-hydrogen) atoms. The van der Waals surface area contributed by atoms with Crippen molar-refractivity contribution in [1.82, 2.24) is 4.90 Å². The molecule has 1 aliphatic rings. The van der Waals surface area contributed by atoms with Crippen LogP contribution in [0.2, 0.25) is 0 Å². The molecule has 4 rings (SSSR count). The normalized spacial score (nSPS) is 19.2. The second-order valence-electron chi connectivity index (χ2n) is 9.03.